The van der Waals surface area contributed by atoms with E-state index in [1.54, 1.807) is 17.5 Å². The molecule has 0 bridgehead atoms. The van der Waals surface area contributed by atoms with Gasteiger partial charge in [0.15, 0.2) is 0 Å². The third-order valence-corrected chi connectivity index (χ3v) is 9.35. The predicted octanol–water partition coefficient (Wildman–Crippen LogP) is 4.16. The molecular weight excluding hydrogens is 416 g/mol. The van der Waals surface area contributed by atoms with Crippen LogP contribution in [0.2, 0.25) is 0 Å². The van der Waals surface area contributed by atoms with Crippen LogP contribution >= 0.6 is 22.7 Å². The van der Waals surface area contributed by atoms with Crippen molar-refractivity contribution in [3.8, 4) is 10.9 Å². The molecule has 1 aliphatic rings. The van der Waals surface area contributed by atoms with E-state index >= 15 is 0 Å². The molecular formula is C19H22N2O4S3. The summed E-state index contributed by atoms with van der Waals surface area (Å²) < 4.78 is 40.0. The average Bonchev–Trinajstić information content (AvgIpc) is 3.34. The van der Waals surface area contributed by atoms with Crippen LogP contribution in [0.5, 0.6) is 10.9 Å². The van der Waals surface area contributed by atoms with E-state index in [4.69, 9.17) is 9.47 Å². The molecule has 0 atom stereocenters. The zero-order valence-corrected chi connectivity index (χ0v) is 18.2. The van der Waals surface area contributed by atoms with Gasteiger partial charge < -0.3 is 9.47 Å². The Labute approximate surface area is 172 Å². The zero-order valence-electron chi connectivity index (χ0n) is 15.8. The lowest BCUT2D eigenvalue weighted by atomic mass is 10.1. The summed E-state index contributed by atoms with van der Waals surface area (Å²) in [7, 11) is -1.78. The van der Waals surface area contributed by atoms with Crippen molar-refractivity contribution in [1.29, 1.82) is 0 Å². The molecule has 0 saturated carbocycles. The molecule has 4 rings (SSSR count). The lowest BCUT2D eigenvalue weighted by Crippen LogP contribution is -2.41. The first-order valence-corrected chi connectivity index (χ1v) is 12.3. The van der Waals surface area contributed by atoms with Gasteiger partial charge in [-0.2, -0.15) is 4.31 Å². The van der Waals surface area contributed by atoms with E-state index in [0.29, 0.717) is 35.3 Å². The van der Waals surface area contributed by atoms with Gasteiger partial charge in [-0.15, -0.1) is 11.3 Å². The van der Waals surface area contributed by atoms with Gasteiger partial charge in [-0.05, 0) is 43.5 Å². The van der Waals surface area contributed by atoms with Crippen LogP contribution in [0.1, 0.15) is 24.6 Å². The Morgan fingerprint density at radius 3 is 2.64 bits per heavy atom. The summed E-state index contributed by atoms with van der Waals surface area (Å²) >= 11 is 2.86. The van der Waals surface area contributed by atoms with Crippen LogP contribution in [0.4, 0.5) is 0 Å². The van der Waals surface area contributed by atoms with Crippen LogP contribution < -0.4 is 9.47 Å². The van der Waals surface area contributed by atoms with Gasteiger partial charge in [0.2, 0.25) is 0 Å². The number of benzene rings is 1. The number of fused-ring (bicyclic) bond motifs is 1. The Bertz CT molecular complexity index is 1070. The van der Waals surface area contributed by atoms with E-state index in [2.05, 4.69) is 4.98 Å². The van der Waals surface area contributed by atoms with Crippen LogP contribution in [-0.2, 0) is 16.4 Å². The Morgan fingerprint density at radius 1 is 1.18 bits per heavy atom. The van der Waals surface area contributed by atoms with E-state index in [1.165, 1.54) is 22.7 Å². The highest BCUT2D eigenvalue weighted by Crippen LogP contribution is 2.33. The molecule has 1 aliphatic heterocycles. The van der Waals surface area contributed by atoms with E-state index in [1.807, 2.05) is 31.2 Å². The fraction of sp³-hybridized carbons (Fsp3) is 0.421. The molecule has 1 aromatic carbocycles. The van der Waals surface area contributed by atoms with Crippen molar-refractivity contribution in [2.45, 2.75) is 36.5 Å². The molecule has 0 spiro atoms. The van der Waals surface area contributed by atoms with Crippen molar-refractivity contribution in [3.05, 3.63) is 35.2 Å². The highest BCUT2D eigenvalue weighted by Gasteiger charge is 2.31. The highest BCUT2D eigenvalue weighted by atomic mass is 32.2. The predicted molar refractivity (Wildman–Crippen MR) is 112 cm³/mol. The number of hydrogen-bond acceptors (Lipinski definition) is 7. The van der Waals surface area contributed by atoms with Crippen molar-refractivity contribution in [3.63, 3.8) is 0 Å². The number of sulfonamides is 1. The van der Waals surface area contributed by atoms with Gasteiger partial charge in [-0.3, -0.25) is 0 Å². The second-order valence-corrected chi connectivity index (χ2v) is 10.9. The fourth-order valence-electron chi connectivity index (χ4n) is 3.21. The van der Waals surface area contributed by atoms with Crippen LogP contribution in [0.3, 0.4) is 0 Å². The molecule has 0 unspecified atom stereocenters. The largest absolute Gasteiger partial charge is 0.497 e. The number of aryl methyl sites for hydroxylation is 1. The lowest BCUT2D eigenvalue weighted by molar-refractivity contribution is 0.135. The van der Waals surface area contributed by atoms with Crippen molar-refractivity contribution in [2.75, 3.05) is 20.2 Å². The molecule has 9 heteroatoms. The summed E-state index contributed by atoms with van der Waals surface area (Å²) in [6.45, 7) is 2.96. The summed E-state index contributed by atoms with van der Waals surface area (Å²) in [5, 5.41) is 0.621. The Hall–Kier alpha value is -1.68. The second kappa shape index (κ2) is 7.98. The Morgan fingerprint density at radius 2 is 1.96 bits per heavy atom. The maximum absolute atomic E-state index is 12.8. The van der Waals surface area contributed by atoms with Gasteiger partial charge in [0, 0.05) is 24.0 Å². The maximum atomic E-state index is 12.8. The number of piperidine rings is 1. The van der Waals surface area contributed by atoms with Crippen molar-refractivity contribution in [2.24, 2.45) is 0 Å². The second-order valence-electron chi connectivity index (χ2n) is 6.61. The fourth-order valence-corrected chi connectivity index (χ4v) is 6.99. The van der Waals surface area contributed by atoms with Crippen molar-refractivity contribution in [1.82, 2.24) is 9.29 Å². The summed E-state index contributed by atoms with van der Waals surface area (Å²) in [4.78, 5) is 5.62. The number of hydrogen-bond donors (Lipinski definition) is 0. The van der Waals surface area contributed by atoms with Gasteiger partial charge in [-0.1, -0.05) is 18.3 Å². The molecule has 0 radical (unpaired) electrons. The zero-order chi connectivity index (χ0) is 19.7. The maximum Gasteiger partial charge on any atom is 0.274 e. The van der Waals surface area contributed by atoms with E-state index in [0.717, 1.165) is 27.3 Å². The molecule has 0 amide bonds. The summed E-state index contributed by atoms with van der Waals surface area (Å²) in [5.41, 5.74) is 0.851. The number of thiazole rings is 1. The molecule has 2 aromatic heterocycles. The summed E-state index contributed by atoms with van der Waals surface area (Å²) in [6.07, 6.45) is 2.14. The summed E-state index contributed by atoms with van der Waals surface area (Å²) in [5.74, 6) is 0.766. The molecule has 150 valence electrons. The third kappa shape index (κ3) is 3.89. The molecule has 0 N–H and O–H groups in total. The smallest absolute Gasteiger partial charge is 0.274 e. The number of ether oxygens (including phenoxy) is 2. The van der Waals surface area contributed by atoms with Gasteiger partial charge >= 0.3 is 0 Å². The minimum absolute atomic E-state index is 0.0246. The van der Waals surface area contributed by atoms with Gasteiger partial charge in [0.1, 0.15) is 16.1 Å². The highest BCUT2D eigenvalue weighted by molar-refractivity contribution is 7.91. The van der Waals surface area contributed by atoms with Crippen LogP contribution in [0.15, 0.2) is 34.5 Å². The lowest BCUT2D eigenvalue weighted by Gasteiger charge is -2.30. The van der Waals surface area contributed by atoms with Crippen molar-refractivity contribution < 1.29 is 17.9 Å². The van der Waals surface area contributed by atoms with Crippen LogP contribution in [0.25, 0.3) is 10.2 Å². The monoisotopic (exact) mass is 438 g/mol. The molecule has 1 fully saturated rings. The Balaban J connectivity index is 1.40. The van der Waals surface area contributed by atoms with Crippen LogP contribution in [0, 0.1) is 0 Å². The quantitative estimate of drug-likeness (QED) is 0.578. The standard InChI is InChI=1S/C19H22N2O4S3/c1-3-15-5-7-18(26-15)28(22,23)21-10-8-13(9-11-21)25-19-20-16-12-14(24-2)4-6-17(16)27-19/h4-7,12-13H,3,8-11H2,1-2H3. The van der Waals surface area contributed by atoms with Gasteiger partial charge in [0.25, 0.3) is 15.2 Å². The first-order valence-electron chi connectivity index (χ1n) is 9.19. The molecule has 3 aromatic rings. The minimum Gasteiger partial charge on any atom is -0.497 e. The van der Waals surface area contributed by atoms with E-state index < -0.39 is 10.0 Å². The minimum atomic E-state index is -3.41. The van der Waals surface area contributed by atoms with Crippen LogP contribution in [-0.4, -0.2) is 44.0 Å². The molecule has 28 heavy (non-hydrogen) atoms. The number of nitrogens with zero attached hydrogens (tertiary/aromatic N) is 2. The van der Waals surface area contributed by atoms with Gasteiger partial charge in [0.05, 0.1) is 17.3 Å². The first kappa shape index (κ1) is 19.6. The third-order valence-electron chi connectivity index (χ3n) is 4.82. The number of rotatable bonds is 6. The van der Waals surface area contributed by atoms with Crippen molar-refractivity contribution >= 4 is 42.9 Å². The summed E-state index contributed by atoms with van der Waals surface area (Å²) in [6, 6.07) is 9.38. The first-order chi connectivity index (χ1) is 13.5. The molecule has 1 saturated heterocycles. The molecule has 3 heterocycles. The number of methoxy groups -OCH3 is 1. The van der Waals surface area contributed by atoms with E-state index in [-0.39, 0.29) is 6.10 Å². The topological polar surface area (TPSA) is 68.7 Å². The SMILES string of the molecule is CCc1ccc(S(=O)(=O)N2CCC(Oc3nc4cc(OC)ccc4s3)CC2)s1. The normalized spacial score (nSPS) is 16.5. The number of aromatic nitrogens is 1. The molecule has 6 nitrogen and oxygen atoms in total. The van der Waals surface area contributed by atoms with E-state index in [9.17, 15) is 8.42 Å². The number of thiophene rings is 1. The molecule has 0 aliphatic carbocycles. The van der Waals surface area contributed by atoms with Gasteiger partial charge in [-0.25, -0.2) is 13.4 Å². The Kier molecular flexibility index (Phi) is 5.59. The average molecular weight is 439 g/mol.